The summed E-state index contributed by atoms with van der Waals surface area (Å²) in [6.45, 7) is 7.26. The molecule has 0 N–H and O–H groups in total. The van der Waals surface area contributed by atoms with Crippen molar-refractivity contribution >= 4 is 5.96 Å². The Hall–Kier alpha value is -1.81. The number of terminal acetylenes is 1. The molecule has 0 amide bonds. The molecule has 0 aromatic rings. The average Bonchev–Trinajstić information content (AvgIpc) is 2.86. The van der Waals surface area contributed by atoms with Crippen LogP contribution in [0.5, 0.6) is 0 Å². The average molecular weight is 280 g/mol. The standard InChI is InChI=1S/C13H20N4O3/c1-4-5-15-6-7-16(12(15)14-17(18)19)9-11-8-13(2,3)20-10-11/h1,11H,5-10H2,2-3H3. The summed E-state index contributed by atoms with van der Waals surface area (Å²) < 4.78 is 5.71. The lowest BCUT2D eigenvalue weighted by atomic mass is 9.97. The van der Waals surface area contributed by atoms with Crippen LogP contribution in [0.15, 0.2) is 5.10 Å². The molecule has 2 heterocycles. The Balaban J connectivity index is 2.04. The van der Waals surface area contributed by atoms with Gasteiger partial charge < -0.3 is 14.5 Å². The Bertz CT molecular complexity index is 455. The molecule has 2 saturated heterocycles. The van der Waals surface area contributed by atoms with Crippen LogP contribution in [0.4, 0.5) is 0 Å². The van der Waals surface area contributed by atoms with Crippen molar-refractivity contribution in [3.63, 3.8) is 0 Å². The molecule has 2 rings (SSSR count). The molecule has 20 heavy (non-hydrogen) atoms. The smallest absolute Gasteiger partial charge is 0.274 e. The summed E-state index contributed by atoms with van der Waals surface area (Å²) in [6, 6.07) is 0. The van der Waals surface area contributed by atoms with Crippen molar-refractivity contribution in [1.82, 2.24) is 9.80 Å². The fraction of sp³-hybridized carbons (Fsp3) is 0.769. The lowest BCUT2D eigenvalue weighted by molar-refractivity contribution is -0.486. The quantitative estimate of drug-likeness (QED) is 0.428. The van der Waals surface area contributed by atoms with Gasteiger partial charge in [0.25, 0.3) is 5.96 Å². The van der Waals surface area contributed by atoms with Crippen LogP contribution in [0.2, 0.25) is 0 Å². The highest BCUT2D eigenvalue weighted by atomic mass is 16.7. The summed E-state index contributed by atoms with van der Waals surface area (Å²) in [4.78, 5) is 14.4. The van der Waals surface area contributed by atoms with Crippen LogP contribution in [0.1, 0.15) is 20.3 Å². The van der Waals surface area contributed by atoms with Gasteiger partial charge in [0.05, 0.1) is 18.8 Å². The first kappa shape index (κ1) is 14.6. The Morgan fingerprint density at radius 3 is 2.80 bits per heavy atom. The molecule has 1 atom stereocenters. The molecule has 0 spiro atoms. The first-order valence-electron chi connectivity index (χ1n) is 6.71. The van der Waals surface area contributed by atoms with Crippen molar-refractivity contribution in [2.45, 2.75) is 25.9 Å². The van der Waals surface area contributed by atoms with Crippen LogP contribution in [-0.2, 0) is 4.74 Å². The lowest BCUT2D eigenvalue weighted by Crippen LogP contribution is -2.37. The first-order chi connectivity index (χ1) is 9.41. The zero-order valence-corrected chi connectivity index (χ0v) is 11.9. The second-order valence-corrected chi connectivity index (χ2v) is 5.85. The van der Waals surface area contributed by atoms with E-state index < -0.39 is 5.03 Å². The highest BCUT2D eigenvalue weighted by Gasteiger charge is 2.36. The molecular weight excluding hydrogens is 260 g/mol. The molecule has 1 unspecified atom stereocenters. The number of hydrogen-bond donors (Lipinski definition) is 0. The molecule has 0 bridgehead atoms. The number of hydrazone groups is 1. The van der Waals surface area contributed by atoms with Gasteiger partial charge in [0.2, 0.25) is 0 Å². The maximum absolute atomic E-state index is 10.7. The zero-order valence-electron chi connectivity index (χ0n) is 11.9. The number of nitrogens with zero attached hydrogens (tertiary/aromatic N) is 4. The van der Waals surface area contributed by atoms with Gasteiger partial charge in [-0.15, -0.1) is 6.42 Å². The topological polar surface area (TPSA) is 71.2 Å². The van der Waals surface area contributed by atoms with Gasteiger partial charge in [0.15, 0.2) is 5.03 Å². The zero-order chi connectivity index (χ0) is 14.8. The van der Waals surface area contributed by atoms with Gasteiger partial charge in [-0.1, -0.05) is 5.92 Å². The normalized spacial score (nSPS) is 27.1. The number of guanidine groups is 1. The molecule has 0 aromatic carbocycles. The number of rotatable bonds is 4. The third kappa shape index (κ3) is 3.39. The third-order valence-electron chi connectivity index (χ3n) is 3.63. The van der Waals surface area contributed by atoms with E-state index >= 15 is 0 Å². The van der Waals surface area contributed by atoms with Gasteiger partial charge in [0.1, 0.15) is 5.10 Å². The fourth-order valence-corrected chi connectivity index (χ4v) is 2.86. The van der Waals surface area contributed by atoms with Crippen molar-refractivity contribution in [1.29, 1.82) is 0 Å². The molecule has 2 fully saturated rings. The first-order valence-corrected chi connectivity index (χ1v) is 6.71. The van der Waals surface area contributed by atoms with Gasteiger partial charge in [-0.3, -0.25) is 0 Å². The third-order valence-corrected chi connectivity index (χ3v) is 3.63. The van der Waals surface area contributed by atoms with E-state index in [4.69, 9.17) is 11.2 Å². The molecular formula is C13H20N4O3. The van der Waals surface area contributed by atoms with E-state index in [1.54, 1.807) is 4.90 Å². The highest BCUT2D eigenvalue weighted by molar-refractivity contribution is 5.81. The predicted molar refractivity (Wildman–Crippen MR) is 74.5 cm³/mol. The minimum Gasteiger partial charge on any atom is -0.375 e. The minimum atomic E-state index is -0.660. The second kappa shape index (κ2) is 5.67. The van der Waals surface area contributed by atoms with Gasteiger partial charge in [-0.2, -0.15) is 0 Å². The highest BCUT2D eigenvalue weighted by Crippen LogP contribution is 2.30. The van der Waals surface area contributed by atoms with E-state index in [1.807, 2.05) is 4.90 Å². The molecule has 0 aliphatic carbocycles. The number of nitro groups is 1. The Morgan fingerprint density at radius 2 is 2.25 bits per heavy atom. The lowest BCUT2D eigenvalue weighted by Gasteiger charge is -2.22. The van der Waals surface area contributed by atoms with E-state index in [1.165, 1.54) is 0 Å². The maximum Gasteiger partial charge on any atom is 0.274 e. The summed E-state index contributed by atoms with van der Waals surface area (Å²) in [5.74, 6) is 3.25. The molecule has 110 valence electrons. The summed E-state index contributed by atoms with van der Waals surface area (Å²) in [7, 11) is 0. The minimum absolute atomic E-state index is 0.108. The van der Waals surface area contributed by atoms with Crippen LogP contribution in [-0.4, -0.2) is 59.2 Å². The molecule has 0 saturated carbocycles. The predicted octanol–water partition coefficient (Wildman–Crippen LogP) is 0.600. The largest absolute Gasteiger partial charge is 0.375 e. The van der Waals surface area contributed by atoms with E-state index in [-0.39, 0.29) is 5.60 Å². The van der Waals surface area contributed by atoms with Crippen molar-refractivity contribution < 1.29 is 9.77 Å². The van der Waals surface area contributed by atoms with Crippen LogP contribution in [0.3, 0.4) is 0 Å². The molecule has 0 radical (unpaired) electrons. The van der Waals surface area contributed by atoms with Crippen molar-refractivity contribution in [2.24, 2.45) is 11.0 Å². The van der Waals surface area contributed by atoms with Crippen molar-refractivity contribution in [2.75, 3.05) is 32.8 Å². The van der Waals surface area contributed by atoms with Gasteiger partial charge >= 0.3 is 0 Å². The van der Waals surface area contributed by atoms with Crippen molar-refractivity contribution in [3.8, 4) is 12.3 Å². The van der Waals surface area contributed by atoms with Crippen LogP contribution >= 0.6 is 0 Å². The van der Waals surface area contributed by atoms with Crippen LogP contribution < -0.4 is 0 Å². The maximum atomic E-state index is 10.7. The molecule has 2 aliphatic rings. The van der Waals surface area contributed by atoms with Gasteiger partial charge in [-0.05, 0) is 20.3 Å². The molecule has 7 heteroatoms. The number of hydrogen-bond acceptors (Lipinski definition) is 3. The molecule has 7 nitrogen and oxygen atoms in total. The van der Waals surface area contributed by atoms with Crippen LogP contribution in [0.25, 0.3) is 0 Å². The SMILES string of the molecule is C#CCN1CCN(CC2COC(C)(C)C2)C1=N[N+](=O)[O-]. The van der Waals surface area contributed by atoms with E-state index in [9.17, 15) is 10.1 Å². The Labute approximate surface area is 118 Å². The van der Waals surface area contributed by atoms with Gasteiger partial charge in [-0.25, -0.2) is 10.1 Å². The molecule has 2 aliphatic heterocycles. The number of ether oxygens (including phenoxy) is 1. The van der Waals surface area contributed by atoms with Gasteiger partial charge in [0, 0.05) is 25.6 Å². The fourth-order valence-electron chi connectivity index (χ4n) is 2.86. The Morgan fingerprint density at radius 1 is 1.55 bits per heavy atom. The monoisotopic (exact) mass is 280 g/mol. The summed E-state index contributed by atoms with van der Waals surface area (Å²) >= 11 is 0. The van der Waals surface area contributed by atoms with Crippen LogP contribution in [0, 0.1) is 28.4 Å². The summed E-state index contributed by atoms with van der Waals surface area (Å²) in [5, 5.41) is 13.5. The Kier molecular flexibility index (Phi) is 4.14. The van der Waals surface area contributed by atoms with E-state index in [0.29, 0.717) is 38.1 Å². The van der Waals surface area contributed by atoms with E-state index in [2.05, 4.69) is 24.9 Å². The summed E-state index contributed by atoms with van der Waals surface area (Å²) in [6.07, 6.45) is 6.24. The van der Waals surface area contributed by atoms with E-state index in [0.717, 1.165) is 13.0 Å². The summed E-state index contributed by atoms with van der Waals surface area (Å²) in [5.41, 5.74) is -0.108. The van der Waals surface area contributed by atoms with Crippen molar-refractivity contribution in [3.05, 3.63) is 10.1 Å². The second-order valence-electron chi connectivity index (χ2n) is 5.85. The molecule has 0 aromatic heterocycles.